The summed E-state index contributed by atoms with van der Waals surface area (Å²) in [4.78, 5) is 21.9. The largest absolute Gasteiger partial charge is 0.297 e. The van der Waals surface area contributed by atoms with E-state index in [4.69, 9.17) is 0 Å². The van der Waals surface area contributed by atoms with Gasteiger partial charge in [-0.2, -0.15) is 0 Å². The lowest BCUT2D eigenvalue weighted by atomic mass is 9.81. The molecule has 1 saturated carbocycles. The van der Waals surface area contributed by atoms with E-state index >= 15 is 0 Å². The Balaban J connectivity index is 2.28. The molecule has 1 rings (SSSR count). The molecule has 0 spiro atoms. The zero-order valence-electron chi connectivity index (χ0n) is 9.01. The fraction of sp³-hybridized carbons (Fsp3) is 0.818. The van der Waals surface area contributed by atoms with Crippen LogP contribution in [0.1, 0.15) is 46.0 Å². The molecule has 14 heavy (non-hydrogen) atoms. The molecule has 1 fully saturated rings. The first kappa shape index (κ1) is 11.2. The predicted molar refractivity (Wildman–Crippen MR) is 54.6 cm³/mol. The minimum atomic E-state index is -0.251. The molecule has 3 nitrogen and oxygen atoms in total. The zero-order valence-corrected chi connectivity index (χ0v) is 9.01. The molecule has 0 saturated heterocycles. The van der Waals surface area contributed by atoms with Crippen LogP contribution >= 0.6 is 0 Å². The molecule has 0 radical (unpaired) electrons. The van der Waals surface area contributed by atoms with E-state index in [-0.39, 0.29) is 11.8 Å². The summed E-state index contributed by atoms with van der Waals surface area (Å²) in [5.74, 6) is 0.854. The van der Waals surface area contributed by atoms with E-state index in [0.717, 1.165) is 18.8 Å². The van der Waals surface area contributed by atoms with Crippen molar-refractivity contribution in [3.05, 3.63) is 0 Å². The number of imide groups is 1. The van der Waals surface area contributed by atoms with Crippen LogP contribution < -0.4 is 5.32 Å². The van der Waals surface area contributed by atoms with Gasteiger partial charge in [-0.3, -0.25) is 14.9 Å². The third kappa shape index (κ3) is 3.90. The van der Waals surface area contributed by atoms with Crippen LogP contribution in [0.4, 0.5) is 0 Å². The van der Waals surface area contributed by atoms with Crippen LogP contribution in [0.5, 0.6) is 0 Å². The number of rotatable bonds is 2. The summed E-state index contributed by atoms with van der Waals surface area (Å²) in [5.41, 5.74) is 0. The highest BCUT2D eigenvalue weighted by Gasteiger charge is 2.21. The van der Waals surface area contributed by atoms with Crippen LogP contribution in [0, 0.1) is 11.8 Å². The zero-order chi connectivity index (χ0) is 10.6. The Bertz CT molecular complexity index is 225. The van der Waals surface area contributed by atoms with Crippen molar-refractivity contribution in [1.82, 2.24) is 5.32 Å². The quantitative estimate of drug-likeness (QED) is 0.734. The van der Waals surface area contributed by atoms with E-state index in [0.29, 0.717) is 12.3 Å². The topological polar surface area (TPSA) is 46.2 Å². The van der Waals surface area contributed by atoms with Crippen molar-refractivity contribution in [3.63, 3.8) is 0 Å². The first-order chi connectivity index (χ1) is 6.58. The molecule has 1 aliphatic carbocycles. The molecule has 0 bridgehead atoms. The van der Waals surface area contributed by atoms with E-state index in [2.05, 4.69) is 12.2 Å². The molecule has 0 aromatic rings. The third-order valence-electron chi connectivity index (χ3n) is 2.83. The molecule has 0 aromatic heterocycles. The van der Waals surface area contributed by atoms with Crippen molar-refractivity contribution in [2.75, 3.05) is 0 Å². The van der Waals surface area contributed by atoms with Crippen molar-refractivity contribution in [1.29, 1.82) is 0 Å². The third-order valence-corrected chi connectivity index (χ3v) is 2.83. The van der Waals surface area contributed by atoms with E-state index in [9.17, 15) is 9.59 Å². The second-order valence-electron chi connectivity index (χ2n) is 4.45. The van der Waals surface area contributed by atoms with Gasteiger partial charge in [0.05, 0.1) is 0 Å². The molecule has 0 aliphatic heterocycles. The highest BCUT2D eigenvalue weighted by atomic mass is 16.2. The summed E-state index contributed by atoms with van der Waals surface area (Å²) in [5, 5.41) is 2.33. The standard InChI is InChI=1S/C11H19NO2/c1-8-4-3-5-10(6-8)7-11(14)12-9(2)13/h8,10H,3-7H2,1-2H3,(H,12,13,14). The number of carbonyl (C=O) groups excluding carboxylic acids is 2. The molecule has 0 heterocycles. The fourth-order valence-electron chi connectivity index (χ4n) is 2.25. The number of hydrogen-bond donors (Lipinski definition) is 1. The van der Waals surface area contributed by atoms with Crippen molar-refractivity contribution in [2.24, 2.45) is 11.8 Å². The van der Waals surface area contributed by atoms with Gasteiger partial charge in [-0.25, -0.2) is 0 Å². The van der Waals surface area contributed by atoms with E-state index in [1.807, 2.05) is 0 Å². The van der Waals surface area contributed by atoms with Gasteiger partial charge in [-0.15, -0.1) is 0 Å². The predicted octanol–water partition coefficient (Wildman–Crippen LogP) is 1.87. The Kier molecular flexibility index (Phi) is 4.11. The smallest absolute Gasteiger partial charge is 0.226 e. The van der Waals surface area contributed by atoms with Crippen LogP contribution in [0.3, 0.4) is 0 Å². The summed E-state index contributed by atoms with van der Waals surface area (Å²) in [7, 11) is 0. The molecule has 3 heteroatoms. The Labute approximate surface area is 85.3 Å². The molecule has 2 amide bonds. The van der Waals surface area contributed by atoms with Gasteiger partial charge in [0.25, 0.3) is 0 Å². The number of hydrogen-bond acceptors (Lipinski definition) is 2. The maximum atomic E-state index is 11.3. The monoisotopic (exact) mass is 197 g/mol. The first-order valence-corrected chi connectivity index (χ1v) is 5.38. The van der Waals surface area contributed by atoms with Gasteiger partial charge in [-0.05, 0) is 24.7 Å². The van der Waals surface area contributed by atoms with Gasteiger partial charge in [0.15, 0.2) is 0 Å². The van der Waals surface area contributed by atoms with Crippen LogP contribution in [0.15, 0.2) is 0 Å². The summed E-state index contributed by atoms with van der Waals surface area (Å²) in [6.07, 6.45) is 5.29. The van der Waals surface area contributed by atoms with Crippen molar-refractivity contribution in [3.8, 4) is 0 Å². The number of amides is 2. The Morgan fingerprint density at radius 2 is 2.07 bits per heavy atom. The summed E-state index contributed by atoms with van der Waals surface area (Å²) in [6.45, 7) is 3.61. The minimum Gasteiger partial charge on any atom is -0.297 e. The number of carbonyl (C=O) groups is 2. The molecule has 2 atom stereocenters. The van der Waals surface area contributed by atoms with Crippen LogP contribution in [0.2, 0.25) is 0 Å². The molecule has 1 N–H and O–H groups in total. The second-order valence-corrected chi connectivity index (χ2v) is 4.45. The summed E-state index contributed by atoms with van der Waals surface area (Å²) in [6, 6.07) is 0. The normalized spacial score (nSPS) is 27.0. The minimum absolute atomic E-state index is 0.114. The fourth-order valence-corrected chi connectivity index (χ4v) is 2.25. The van der Waals surface area contributed by atoms with Crippen LogP contribution in [0.25, 0.3) is 0 Å². The maximum Gasteiger partial charge on any atom is 0.226 e. The Hall–Kier alpha value is -0.860. The van der Waals surface area contributed by atoms with Gasteiger partial charge in [0.2, 0.25) is 11.8 Å². The Morgan fingerprint density at radius 3 is 2.64 bits per heavy atom. The molecule has 0 aromatic carbocycles. The molecule has 1 aliphatic rings. The van der Waals surface area contributed by atoms with E-state index in [1.165, 1.54) is 19.8 Å². The molecule has 80 valence electrons. The van der Waals surface area contributed by atoms with Gasteiger partial charge in [0.1, 0.15) is 0 Å². The SMILES string of the molecule is CC(=O)NC(=O)CC1CCCC(C)C1. The molecule has 2 unspecified atom stereocenters. The van der Waals surface area contributed by atoms with Crippen molar-refractivity contribution in [2.45, 2.75) is 46.0 Å². The van der Waals surface area contributed by atoms with Crippen molar-refractivity contribution < 1.29 is 9.59 Å². The summed E-state index contributed by atoms with van der Waals surface area (Å²) >= 11 is 0. The van der Waals surface area contributed by atoms with Crippen LogP contribution in [-0.2, 0) is 9.59 Å². The maximum absolute atomic E-state index is 11.3. The lowest BCUT2D eigenvalue weighted by molar-refractivity contribution is -0.130. The lowest BCUT2D eigenvalue weighted by Crippen LogP contribution is -2.30. The van der Waals surface area contributed by atoms with Gasteiger partial charge in [0, 0.05) is 13.3 Å². The van der Waals surface area contributed by atoms with Crippen LogP contribution in [-0.4, -0.2) is 11.8 Å². The van der Waals surface area contributed by atoms with Gasteiger partial charge < -0.3 is 0 Å². The Morgan fingerprint density at radius 1 is 1.36 bits per heavy atom. The second kappa shape index (κ2) is 5.13. The average Bonchev–Trinajstić information content (AvgIpc) is 2.01. The van der Waals surface area contributed by atoms with Gasteiger partial charge >= 0.3 is 0 Å². The van der Waals surface area contributed by atoms with Crippen molar-refractivity contribution >= 4 is 11.8 Å². The molecular formula is C11H19NO2. The average molecular weight is 197 g/mol. The highest BCUT2D eigenvalue weighted by Crippen LogP contribution is 2.30. The highest BCUT2D eigenvalue weighted by molar-refractivity contribution is 5.93. The van der Waals surface area contributed by atoms with E-state index in [1.54, 1.807) is 0 Å². The molecular weight excluding hydrogens is 178 g/mol. The summed E-state index contributed by atoms with van der Waals surface area (Å²) < 4.78 is 0. The van der Waals surface area contributed by atoms with Gasteiger partial charge in [-0.1, -0.05) is 19.8 Å². The van der Waals surface area contributed by atoms with E-state index < -0.39 is 0 Å². The number of nitrogens with one attached hydrogen (secondary N) is 1. The lowest BCUT2D eigenvalue weighted by Gasteiger charge is -2.25. The first-order valence-electron chi connectivity index (χ1n) is 5.38.